The standard InChI is InChI=1S/C15H14N4O/c16-11-13-10-14(12-4-2-1-3-5-12)18-15(17-13)19-6-8-20-9-7-19/h1-5,10H,6-9H2. The van der Waals surface area contributed by atoms with Crippen molar-refractivity contribution in [2.24, 2.45) is 0 Å². The van der Waals surface area contributed by atoms with Crippen LogP contribution < -0.4 is 4.90 Å². The van der Waals surface area contributed by atoms with Gasteiger partial charge >= 0.3 is 0 Å². The van der Waals surface area contributed by atoms with Gasteiger partial charge in [-0.05, 0) is 0 Å². The topological polar surface area (TPSA) is 62.0 Å². The minimum atomic E-state index is 0.389. The van der Waals surface area contributed by atoms with Crippen molar-refractivity contribution in [1.82, 2.24) is 9.97 Å². The lowest BCUT2D eigenvalue weighted by atomic mass is 10.1. The molecule has 3 rings (SSSR count). The fourth-order valence-electron chi connectivity index (χ4n) is 2.15. The van der Waals surface area contributed by atoms with E-state index in [0.29, 0.717) is 24.9 Å². The second-order valence-electron chi connectivity index (χ2n) is 4.52. The van der Waals surface area contributed by atoms with Crippen molar-refractivity contribution in [2.75, 3.05) is 31.2 Å². The van der Waals surface area contributed by atoms with Gasteiger partial charge in [0.2, 0.25) is 5.95 Å². The van der Waals surface area contributed by atoms with E-state index in [1.54, 1.807) is 6.07 Å². The Labute approximate surface area is 117 Å². The lowest BCUT2D eigenvalue weighted by Crippen LogP contribution is -2.37. The van der Waals surface area contributed by atoms with Gasteiger partial charge < -0.3 is 9.64 Å². The third kappa shape index (κ3) is 2.60. The van der Waals surface area contributed by atoms with Crippen LogP contribution in [0.25, 0.3) is 11.3 Å². The maximum Gasteiger partial charge on any atom is 0.227 e. The molecule has 0 unspecified atom stereocenters. The average Bonchev–Trinajstić information content (AvgIpc) is 2.56. The van der Waals surface area contributed by atoms with Crippen LogP contribution in [0.4, 0.5) is 5.95 Å². The monoisotopic (exact) mass is 266 g/mol. The van der Waals surface area contributed by atoms with E-state index in [1.807, 2.05) is 30.3 Å². The van der Waals surface area contributed by atoms with Gasteiger partial charge in [0.25, 0.3) is 0 Å². The Morgan fingerprint density at radius 3 is 2.55 bits per heavy atom. The minimum Gasteiger partial charge on any atom is -0.378 e. The van der Waals surface area contributed by atoms with E-state index in [1.165, 1.54) is 0 Å². The molecule has 1 aromatic carbocycles. The molecule has 5 heteroatoms. The van der Waals surface area contributed by atoms with E-state index < -0.39 is 0 Å². The molecule has 0 N–H and O–H groups in total. The summed E-state index contributed by atoms with van der Waals surface area (Å²) in [7, 11) is 0. The molecule has 1 fully saturated rings. The molecule has 0 amide bonds. The highest BCUT2D eigenvalue weighted by Crippen LogP contribution is 2.20. The summed E-state index contributed by atoms with van der Waals surface area (Å²) in [5.41, 5.74) is 2.15. The maximum atomic E-state index is 9.15. The van der Waals surface area contributed by atoms with Crippen molar-refractivity contribution in [3.05, 3.63) is 42.1 Å². The average molecular weight is 266 g/mol. The van der Waals surface area contributed by atoms with Gasteiger partial charge in [0, 0.05) is 24.7 Å². The van der Waals surface area contributed by atoms with E-state index in [-0.39, 0.29) is 0 Å². The fraction of sp³-hybridized carbons (Fsp3) is 0.267. The molecule has 1 aliphatic heterocycles. The number of morpholine rings is 1. The molecule has 0 atom stereocenters. The first-order chi connectivity index (χ1) is 9.86. The van der Waals surface area contributed by atoms with Crippen LogP contribution in [0, 0.1) is 11.3 Å². The number of benzene rings is 1. The molecular formula is C15H14N4O. The van der Waals surface area contributed by atoms with E-state index >= 15 is 0 Å². The van der Waals surface area contributed by atoms with Crippen LogP contribution in [-0.4, -0.2) is 36.3 Å². The van der Waals surface area contributed by atoms with Crippen LogP contribution in [0.2, 0.25) is 0 Å². The largest absolute Gasteiger partial charge is 0.378 e. The van der Waals surface area contributed by atoms with E-state index in [0.717, 1.165) is 24.3 Å². The van der Waals surface area contributed by atoms with Crippen LogP contribution >= 0.6 is 0 Å². The first-order valence-electron chi connectivity index (χ1n) is 6.54. The fourth-order valence-corrected chi connectivity index (χ4v) is 2.15. The van der Waals surface area contributed by atoms with Crippen molar-refractivity contribution in [1.29, 1.82) is 5.26 Å². The summed E-state index contributed by atoms with van der Waals surface area (Å²) >= 11 is 0. The molecule has 0 bridgehead atoms. The van der Waals surface area contributed by atoms with Gasteiger partial charge in [-0.2, -0.15) is 5.26 Å². The van der Waals surface area contributed by atoms with Gasteiger partial charge in [0.15, 0.2) is 0 Å². The third-order valence-electron chi connectivity index (χ3n) is 3.19. The third-order valence-corrected chi connectivity index (χ3v) is 3.19. The summed E-state index contributed by atoms with van der Waals surface area (Å²) in [5.74, 6) is 0.603. The van der Waals surface area contributed by atoms with E-state index in [2.05, 4.69) is 20.9 Å². The highest BCUT2D eigenvalue weighted by atomic mass is 16.5. The lowest BCUT2D eigenvalue weighted by molar-refractivity contribution is 0.122. The zero-order chi connectivity index (χ0) is 13.8. The predicted molar refractivity (Wildman–Crippen MR) is 75.2 cm³/mol. The summed E-state index contributed by atoms with van der Waals surface area (Å²) in [6.07, 6.45) is 0. The zero-order valence-corrected chi connectivity index (χ0v) is 11.0. The summed E-state index contributed by atoms with van der Waals surface area (Å²) < 4.78 is 5.33. The van der Waals surface area contributed by atoms with Crippen LogP contribution in [0.15, 0.2) is 36.4 Å². The second-order valence-corrected chi connectivity index (χ2v) is 4.52. The molecule has 0 radical (unpaired) electrons. The van der Waals surface area contributed by atoms with Crippen LogP contribution in [0.5, 0.6) is 0 Å². The molecule has 0 saturated carbocycles. The Morgan fingerprint density at radius 2 is 1.85 bits per heavy atom. The number of nitriles is 1. The molecular weight excluding hydrogens is 252 g/mol. The SMILES string of the molecule is N#Cc1cc(-c2ccccc2)nc(N2CCOCC2)n1. The van der Waals surface area contributed by atoms with Gasteiger partial charge in [-0.1, -0.05) is 30.3 Å². The smallest absolute Gasteiger partial charge is 0.227 e. The lowest BCUT2D eigenvalue weighted by Gasteiger charge is -2.27. The van der Waals surface area contributed by atoms with Crippen molar-refractivity contribution in [3.8, 4) is 17.3 Å². The number of ether oxygens (including phenoxy) is 1. The highest BCUT2D eigenvalue weighted by Gasteiger charge is 2.16. The quantitative estimate of drug-likeness (QED) is 0.830. The van der Waals surface area contributed by atoms with Crippen molar-refractivity contribution < 1.29 is 4.74 Å². The number of aromatic nitrogens is 2. The van der Waals surface area contributed by atoms with Gasteiger partial charge in [0.05, 0.1) is 18.9 Å². The van der Waals surface area contributed by atoms with Crippen LogP contribution in [0.3, 0.4) is 0 Å². The Morgan fingerprint density at radius 1 is 1.10 bits per heavy atom. The summed E-state index contributed by atoms with van der Waals surface area (Å²) in [4.78, 5) is 10.9. The van der Waals surface area contributed by atoms with E-state index in [4.69, 9.17) is 10.00 Å². The normalized spacial score (nSPS) is 14.8. The molecule has 5 nitrogen and oxygen atoms in total. The Balaban J connectivity index is 2.01. The van der Waals surface area contributed by atoms with Gasteiger partial charge in [-0.15, -0.1) is 0 Å². The number of hydrogen-bond acceptors (Lipinski definition) is 5. The Hall–Kier alpha value is -2.45. The molecule has 20 heavy (non-hydrogen) atoms. The molecule has 2 aromatic rings. The number of nitrogens with zero attached hydrogens (tertiary/aromatic N) is 4. The molecule has 2 heterocycles. The number of rotatable bonds is 2. The Bertz CT molecular complexity index is 630. The van der Waals surface area contributed by atoms with Crippen molar-refractivity contribution in [3.63, 3.8) is 0 Å². The number of anilines is 1. The molecule has 0 spiro atoms. The van der Waals surface area contributed by atoms with Crippen molar-refractivity contribution in [2.45, 2.75) is 0 Å². The highest BCUT2D eigenvalue weighted by molar-refractivity contribution is 5.61. The first-order valence-corrected chi connectivity index (χ1v) is 6.54. The second kappa shape index (κ2) is 5.68. The molecule has 0 aliphatic carbocycles. The molecule has 1 saturated heterocycles. The predicted octanol–water partition coefficient (Wildman–Crippen LogP) is 1.85. The van der Waals surface area contributed by atoms with Crippen LogP contribution in [0.1, 0.15) is 5.69 Å². The van der Waals surface area contributed by atoms with Gasteiger partial charge in [-0.3, -0.25) is 0 Å². The maximum absolute atomic E-state index is 9.15. The molecule has 1 aliphatic rings. The van der Waals surface area contributed by atoms with Crippen LogP contribution in [-0.2, 0) is 4.74 Å². The van der Waals surface area contributed by atoms with E-state index in [9.17, 15) is 0 Å². The van der Waals surface area contributed by atoms with Gasteiger partial charge in [-0.25, -0.2) is 9.97 Å². The minimum absolute atomic E-state index is 0.389. The first kappa shape index (κ1) is 12.6. The Kier molecular flexibility index (Phi) is 3.57. The molecule has 1 aromatic heterocycles. The summed E-state index contributed by atoms with van der Waals surface area (Å²) in [5, 5.41) is 9.15. The van der Waals surface area contributed by atoms with Crippen molar-refractivity contribution >= 4 is 5.95 Å². The summed E-state index contributed by atoms with van der Waals surface area (Å²) in [6, 6.07) is 13.7. The molecule has 100 valence electrons. The zero-order valence-electron chi connectivity index (χ0n) is 11.0. The number of hydrogen-bond donors (Lipinski definition) is 0. The van der Waals surface area contributed by atoms with Gasteiger partial charge in [0.1, 0.15) is 11.8 Å². The summed E-state index contributed by atoms with van der Waals surface area (Å²) in [6.45, 7) is 2.84.